The van der Waals surface area contributed by atoms with Crippen molar-refractivity contribution < 1.29 is 5.11 Å². The highest BCUT2D eigenvalue weighted by molar-refractivity contribution is 7.98. The Morgan fingerprint density at radius 1 is 1.22 bits per heavy atom. The number of benzene rings is 1. The number of nitrogens with zero attached hydrogens (tertiary/aromatic N) is 1. The normalized spacial score (nSPS) is 16.4. The van der Waals surface area contributed by atoms with E-state index in [0.29, 0.717) is 12.5 Å². The molecule has 0 bridgehead atoms. The smallest absolute Gasteiger partial charge is 0.164 e. The minimum atomic E-state index is 0.292. The van der Waals surface area contributed by atoms with Gasteiger partial charge in [0.25, 0.3) is 0 Å². The first kappa shape index (κ1) is 18.5. The van der Waals surface area contributed by atoms with Gasteiger partial charge in [-0.15, -0.1) is 11.3 Å². The summed E-state index contributed by atoms with van der Waals surface area (Å²) in [7, 11) is 0. The van der Waals surface area contributed by atoms with E-state index in [2.05, 4.69) is 29.2 Å². The first-order chi connectivity index (χ1) is 11.3. The van der Waals surface area contributed by atoms with Crippen molar-refractivity contribution in [3.8, 4) is 0 Å². The number of aromatic nitrogens is 1. The summed E-state index contributed by atoms with van der Waals surface area (Å²) in [6.45, 7) is 0.292. The molecule has 3 rings (SSSR count). The molecule has 1 heterocycles. The topological polar surface area (TPSA) is 59.1 Å². The molecule has 0 spiro atoms. The molecule has 0 saturated heterocycles. The van der Waals surface area contributed by atoms with Crippen LogP contribution in [0.2, 0.25) is 0 Å². The molecule has 1 aliphatic carbocycles. The van der Waals surface area contributed by atoms with Crippen molar-refractivity contribution in [3.63, 3.8) is 0 Å². The largest absolute Gasteiger partial charge is 0.396 e. The summed E-state index contributed by atoms with van der Waals surface area (Å²) in [5, 5.41) is 16.6. The summed E-state index contributed by atoms with van der Waals surface area (Å²) in [5.74, 6) is 1.19. The van der Waals surface area contributed by atoms with Gasteiger partial charge in [0.2, 0.25) is 0 Å². The Morgan fingerprint density at radius 3 is 2.48 bits per heavy atom. The molecule has 23 heavy (non-hydrogen) atoms. The maximum atomic E-state index is 9.51. The predicted molar refractivity (Wildman–Crippen MR) is 99.6 cm³/mol. The molecule has 0 radical (unpaired) electrons. The molecule has 1 unspecified atom stereocenters. The zero-order chi connectivity index (χ0) is 16.3. The molecule has 0 aliphatic heterocycles. The molecule has 126 valence electrons. The van der Waals surface area contributed by atoms with Crippen molar-refractivity contribution >= 4 is 23.3 Å². The van der Waals surface area contributed by atoms with Crippen LogP contribution in [0.1, 0.15) is 50.0 Å². The molecule has 1 atom stereocenters. The van der Waals surface area contributed by atoms with Crippen LogP contribution in [0.25, 0.3) is 0 Å². The highest BCUT2D eigenvalue weighted by Gasteiger charge is 2.19. The van der Waals surface area contributed by atoms with E-state index in [1.54, 1.807) is 17.5 Å². The molecule has 5 heteroatoms. The van der Waals surface area contributed by atoms with Gasteiger partial charge in [-0.1, -0.05) is 62.4 Å². The second-order valence-corrected chi connectivity index (χ2v) is 7.72. The van der Waals surface area contributed by atoms with Gasteiger partial charge in [-0.05, 0) is 29.9 Å². The Bertz CT molecular complexity index is 513. The minimum absolute atomic E-state index is 0.292. The van der Waals surface area contributed by atoms with E-state index in [1.165, 1.54) is 56.0 Å². The van der Waals surface area contributed by atoms with Gasteiger partial charge in [0, 0.05) is 24.1 Å². The van der Waals surface area contributed by atoms with Gasteiger partial charge in [0.15, 0.2) is 4.34 Å². The molecular weight excluding hydrogens is 324 g/mol. The van der Waals surface area contributed by atoms with Gasteiger partial charge in [-0.3, -0.25) is 5.14 Å². The van der Waals surface area contributed by atoms with Crippen LogP contribution in [-0.2, 0) is 0 Å². The molecule has 1 aliphatic rings. The molecule has 3 nitrogen and oxygen atoms in total. The van der Waals surface area contributed by atoms with Crippen LogP contribution in [0.4, 0.5) is 0 Å². The third-order valence-corrected chi connectivity index (χ3v) is 5.79. The summed E-state index contributed by atoms with van der Waals surface area (Å²) in [6.07, 6.45) is 9.81. The fraction of sp³-hybridized carbons (Fsp3) is 0.500. The summed E-state index contributed by atoms with van der Waals surface area (Å²) in [4.78, 5) is 3.89. The van der Waals surface area contributed by atoms with Crippen molar-refractivity contribution in [1.82, 2.24) is 4.98 Å². The van der Waals surface area contributed by atoms with E-state index < -0.39 is 0 Å². The monoisotopic (exact) mass is 350 g/mol. The Hall–Kier alpha value is -0.880. The number of aliphatic hydroxyl groups is 1. The number of thiazole rings is 1. The third-order valence-electron chi connectivity index (χ3n) is 4.34. The summed E-state index contributed by atoms with van der Waals surface area (Å²) < 4.78 is 0.917. The van der Waals surface area contributed by atoms with Crippen molar-refractivity contribution in [2.75, 3.05) is 6.61 Å². The zero-order valence-corrected chi connectivity index (χ0v) is 15.1. The average molecular weight is 351 g/mol. The lowest BCUT2D eigenvalue weighted by atomic mass is 9.81. The Balaban J connectivity index is 0.000000229. The lowest BCUT2D eigenvalue weighted by Crippen LogP contribution is -2.13. The van der Waals surface area contributed by atoms with Crippen LogP contribution in [-0.4, -0.2) is 16.7 Å². The Labute approximate surface area is 147 Å². The first-order valence-electron chi connectivity index (χ1n) is 8.25. The van der Waals surface area contributed by atoms with E-state index in [0.717, 1.165) is 10.3 Å². The molecule has 3 N–H and O–H groups in total. The molecule has 2 aromatic rings. The maximum absolute atomic E-state index is 9.51. The fourth-order valence-electron chi connectivity index (χ4n) is 3.14. The first-order valence-corrected chi connectivity index (χ1v) is 10.0. The van der Waals surface area contributed by atoms with Gasteiger partial charge in [-0.25, -0.2) is 4.98 Å². The van der Waals surface area contributed by atoms with Gasteiger partial charge in [-0.2, -0.15) is 0 Å². The van der Waals surface area contributed by atoms with Crippen molar-refractivity contribution in [3.05, 3.63) is 47.5 Å². The highest BCUT2D eigenvalue weighted by Crippen LogP contribution is 2.32. The number of rotatable bonds is 5. The lowest BCUT2D eigenvalue weighted by Gasteiger charge is -2.25. The Morgan fingerprint density at radius 2 is 1.96 bits per heavy atom. The lowest BCUT2D eigenvalue weighted by molar-refractivity contribution is 0.226. The quantitative estimate of drug-likeness (QED) is 0.757. The second kappa shape index (κ2) is 10.8. The predicted octanol–water partition coefficient (Wildman–Crippen LogP) is 4.84. The number of hydrogen-bond acceptors (Lipinski definition) is 5. The maximum Gasteiger partial charge on any atom is 0.164 e. The molecule has 0 amide bonds. The number of hydrogen-bond donors (Lipinski definition) is 2. The van der Waals surface area contributed by atoms with Crippen molar-refractivity contribution in [1.29, 1.82) is 0 Å². The van der Waals surface area contributed by atoms with Gasteiger partial charge in [0.05, 0.1) is 0 Å². The molecule has 1 aromatic carbocycles. The van der Waals surface area contributed by atoms with E-state index in [-0.39, 0.29) is 0 Å². The summed E-state index contributed by atoms with van der Waals surface area (Å²) in [5.41, 5.74) is 1.30. The fourth-order valence-corrected chi connectivity index (χ4v) is 4.01. The minimum Gasteiger partial charge on any atom is -0.396 e. The van der Waals surface area contributed by atoms with Crippen LogP contribution < -0.4 is 5.14 Å². The molecule has 1 fully saturated rings. The Kier molecular flexibility index (Phi) is 8.68. The van der Waals surface area contributed by atoms with Gasteiger partial charge < -0.3 is 5.11 Å². The van der Waals surface area contributed by atoms with Gasteiger partial charge >= 0.3 is 0 Å². The van der Waals surface area contributed by atoms with E-state index in [4.69, 9.17) is 5.14 Å². The van der Waals surface area contributed by atoms with Crippen LogP contribution in [0.3, 0.4) is 0 Å². The average Bonchev–Trinajstić information content (AvgIpc) is 3.16. The van der Waals surface area contributed by atoms with E-state index in [9.17, 15) is 5.11 Å². The third kappa shape index (κ3) is 6.63. The molecule has 1 aromatic heterocycles. The number of aliphatic hydroxyl groups excluding tert-OH is 1. The van der Waals surface area contributed by atoms with E-state index in [1.807, 2.05) is 11.4 Å². The van der Waals surface area contributed by atoms with Crippen LogP contribution >= 0.6 is 23.3 Å². The molecule has 1 saturated carbocycles. The van der Waals surface area contributed by atoms with Crippen molar-refractivity contribution in [2.24, 2.45) is 11.1 Å². The second-order valence-electron chi connectivity index (χ2n) is 5.95. The highest BCUT2D eigenvalue weighted by atomic mass is 32.2. The van der Waals surface area contributed by atoms with Crippen LogP contribution in [0.15, 0.2) is 46.2 Å². The molecular formula is C18H26N2OS2. The van der Waals surface area contributed by atoms with Crippen LogP contribution in [0.5, 0.6) is 0 Å². The van der Waals surface area contributed by atoms with Crippen LogP contribution in [0, 0.1) is 5.92 Å². The van der Waals surface area contributed by atoms with E-state index >= 15 is 0 Å². The summed E-state index contributed by atoms with van der Waals surface area (Å²) >= 11 is 2.73. The summed E-state index contributed by atoms with van der Waals surface area (Å²) in [6, 6.07) is 10.5. The standard InChI is InChI=1S/C15H22O.C3H4N2S2/c16-12-15(14-9-5-2-6-10-14)11-13-7-3-1-4-8-13;4-7-3-5-1-2-6-3/h2,5-6,9-10,13,15-16H,1,3-4,7-8,11-12H2;1-2H,4H2. The van der Waals surface area contributed by atoms with Gasteiger partial charge in [0.1, 0.15) is 0 Å². The number of nitrogens with two attached hydrogens (primary N) is 1. The zero-order valence-electron chi connectivity index (χ0n) is 13.4. The SMILES string of the molecule is NSc1nccs1.OCC(CC1CCCCC1)c1ccccc1. The van der Waals surface area contributed by atoms with Crippen molar-refractivity contribution in [2.45, 2.75) is 48.8 Å².